The number of alkyl halides is 1. The molecule has 0 aliphatic rings. The van der Waals surface area contributed by atoms with Crippen LogP contribution in [0.15, 0.2) is 29.0 Å². The van der Waals surface area contributed by atoms with Crippen molar-refractivity contribution in [1.82, 2.24) is 4.98 Å². The summed E-state index contributed by atoms with van der Waals surface area (Å²) in [5, 5.41) is 0. The van der Waals surface area contributed by atoms with E-state index in [0.717, 1.165) is 0 Å². The molecule has 0 aliphatic heterocycles. The Morgan fingerprint density at radius 3 is 2.77 bits per heavy atom. The second kappa shape index (κ2) is 3.87. The van der Waals surface area contributed by atoms with Gasteiger partial charge in [0.15, 0.2) is 0 Å². The quantitative estimate of drug-likeness (QED) is 0.813. The normalized spacial score (nSPS) is 12.5. The summed E-state index contributed by atoms with van der Waals surface area (Å²) in [6.07, 6.45) is 1.70. The predicted molar refractivity (Wildman–Crippen MR) is 55.0 cm³/mol. The number of nitrogens with two attached hydrogens (primary N) is 1. The minimum absolute atomic E-state index is 0.338. The number of nitrogens with zero attached hydrogens (tertiary/aromatic N) is 1. The van der Waals surface area contributed by atoms with Crippen LogP contribution in [0, 0.1) is 0 Å². The zero-order chi connectivity index (χ0) is 10.0. The van der Waals surface area contributed by atoms with Crippen LogP contribution in [0.25, 0.3) is 0 Å². The number of nitrogen functional groups attached to an aromatic ring is 1. The molecule has 1 heterocycles. The van der Waals surface area contributed by atoms with Gasteiger partial charge in [-0.05, 0) is 28.4 Å². The lowest BCUT2D eigenvalue weighted by molar-refractivity contribution is 0.395. The molecule has 0 saturated carbocycles. The third-order valence-electron chi connectivity index (χ3n) is 1.66. The predicted octanol–water partition coefficient (Wildman–Crippen LogP) is 3.01. The van der Waals surface area contributed by atoms with Crippen LogP contribution in [0.1, 0.15) is 18.7 Å². The van der Waals surface area contributed by atoms with Crippen molar-refractivity contribution in [2.75, 3.05) is 5.73 Å². The number of hydrogen-bond acceptors (Lipinski definition) is 2. The van der Waals surface area contributed by atoms with Gasteiger partial charge >= 0.3 is 0 Å². The van der Waals surface area contributed by atoms with E-state index in [2.05, 4.69) is 27.5 Å². The molecular formula is C9H10BrFN2. The lowest BCUT2D eigenvalue weighted by Gasteiger charge is -2.12. The number of pyridine rings is 1. The van der Waals surface area contributed by atoms with E-state index < -0.39 is 6.17 Å². The van der Waals surface area contributed by atoms with Crippen LogP contribution in [0.2, 0.25) is 0 Å². The van der Waals surface area contributed by atoms with Crippen molar-refractivity contribution in [3.8, 4) is 0 Å². The van der Waals surface area contributed by atoms with Gasteiger partial charge < -0.3 is 5.73 Å². The number of allylic oxidation sites excluding steroid dienone is 1. The smallest absolute Gasteiger partial charge is 0.149 e. The monoisotopic (exact) mass is 244 g/mol. The van der Waals surface area contributed by atoms with Gasteiger partial charge in [-0.3, -0.25) is 4.98 Å². The molecule has 2 nitrogen and oxygen atoms in total. The first kappa shape index (κ1) is 10.2. The molecule has 0 fully saturated rings. The third kappa shape index (κ3) is 2.06. The molecule has 1 aromatic rings. The van der Waals surface area contributed by atoms with Crippen LogP contribution in [0.3, 0.4) is 0 Å². The second-order valence-corrected chi connectivity index (χ2v) is 3.69. The van der Waals surface area contributed by atoms with Gasteiger partial charge in [0.2, 0.25) is 0 Å². The third-order valence-corrected chi connectivity index (χ3v) is 2.29. The van der Waals surface area contributed by atoms with E-state index in [0.29, 0.717) is 21.3 Å². The van der Waals surface area contributed by atoms with E-state index in [1.165, 1.54) is 12.4 Å². The molecule has 4 heteroatoms. The highest BCUT2D eigenvalue weighted by Crippen LogP contribution is 2.33. The molecule has 2 N–H and O–H groups in total. The highest BCUT2D eigenvalue weighted by Gasteiger charge is 2.17. The molecule has 0 radical (unpaired) electrons. The molecule has 0 spiro atoms. The number of aromatic nitrogens is 1. The first-order valence-electron chi connectivity index (χ1n) is 3.72. The van der Waals surface area contributed by atoms with E-state index in [4.69, 9.17) is 5.73 Å². The van der Waals surface area contributed by atoms with Gasteiger partial charge in [0.05, 0.1) is 11.9 Å². The van der Waals surface area contributed by atoms with Crippen molar-refractivity contribution in [2.45, 2.75) is 13.1 Å². The molecule has 1 atom stereocenters. The average molecular weight is 245 g/mol. The van der Waals surface area contributed by atoms with Gasteiger partial charge in [-0.1, -0.05) is 6.58 Å². The summed E-state index contributed by atoms with van der Waals surface area (Å²) in [6.45, 7) is 5.16. The number of hydrogen-bond donors (Lipinski definition) is 1. The maximum atomic E-state index is 13.5. The van der Waals surface area contributed by atoms with Crippen molar-refractivity contribution in [3.63, 3.8) is 0 Å². The Kier molecular flexibility index (Phi) is 3.03. The van der Waals surface area contributed by atoms with Gasteiger partial charge in [0, 0.05) is 16.2 Å². The zero-order valence-electron chi connectivity index (χ0n) is 7.22. The van der Waals surface area contributed by atoms with Crippen molar-refractivity contribution in [2.24, 2.45) is 0 Å². The van der Waals surface area contributed by atoms with Gasteiger partial charge in [-0.15, -0.1) is 0 Å². The largest absolute Gasteiger partial charge is 0.397 e. The van der Waals surface area contributed by atoms with Crippen LogP contribution >= 0.6 is 15.9 Å². The van der Waals surface area contributed by atoms with Crippen molar-refractivity contribution >= 4 is 21.6 Å². The zero-order valence-corrected chi connectivity index (χ0v) is 8.81. The van der Waals surface area contributed by atoms with Crippen LogP contribution in [-0.4, -0.2) is 4.98 Å². The van der Waals surface area contributed by atoms with Crippen LogP contribution in [0.5, 0.6) is 0 Å². The van der Waals surface area contributed by atoms with E-state index in [1.807, 2.05) is 0 Å². The lowest BCUT2D eigenvalue weighted by atomic mass is 10.1. The summed E-state index contributed by atoms with van der Waals surface area (Å²) in [5.74, 6) is 0. The fourth-order valence-electron chi connectivity index (χ4n) is 0.974. The molecule has 0 bridgehead atoms. The fourth-order valence-corrected chi connectivity index (χ4v) is 1.52. The molecular weight excluding hydrogens is 235 g/mol. The van der Waals surface area contributed by atoms with Gasteiger partial charge in [-0.2, -0.15) is 0 Å². The van der Waals surface area contributed by atoms with Crippen molar-refractivity contribution in [1.29, 1.82) is 0 Å². The minimum atomic E-state index is -1.24. The van der Waals surface area contributed by atoms with Crippen molar-refractivity contribution in [3.05, 3.63) is 34.6 Å². The highest BCUT2D eigenvalue weighted by atomic mass is 79.9. The van der Waals surface area contributed by atoms with Crippen LogP contribution in [-0.2, 0) is 0 Å². The molecule has 1 unspecified atom stereocenters. The number of halogens is 2. The Balaban J connectivity index is 3.20. The summed E-state index contributed by atoms with van der Waals surface area (Å²) in [7, 11) is 0. The summed E-state index contributed by atoms with van der Waals surface area (Å²) < 4.78 is 14.1. The van der Waals surface area contributed by atoms with E-state index >= 15 is 0 Å². The summed E-state index contributed by atoms with van der Waals surface area (Å²) in [6, 6.07) is 0. The maximum absolute atomic E-state index is 13.5. The summed E-state index contributed by atoms with van der Waals surface area (Å²) in [4.78, 5) is 3.82. The fraction of sp³-hybridized carbons (Fsp3) is 0.222. The summed E-state index contributed by atoms with van der Waals surface area (Å²) >= 11 is 3.19. The van der Waals surface area contributed by atoms with Gasteiger partial charge in [-0.25, -0.2) is 4.39 Å². The van der Waals surface area contributed by atoms with Crippen molar-refractivity contribution < 1.29 is 4.39 Å². The topological polar surface area (TPSA) is 38.9 Å². The molecule has 70 valence electrons. The highest BCUT2D eigenvalue weighted by molar-refractivity contribution is 9.10. The molecule has 0 aromatic carbocycles. The van der Waals surface area contributed by atoms with Crippen LogP contribution < -0.4 is 5.73 Å². The molecule has 0 aliphatic carbocycles. The Bertz CT molecular complexity index is 318. The standard InChI is InChI=1S/C9H10BrFN2/c1-5(2)9(11)8-6(10)3-13-4-7(8)12/h3-4,9H,1,12H2,2H3. The maximum Gasteiger partial charge on any atom is 0.149 e. The molecule has 1 rings (SSSR count). The summed E-state index contributed by atoms with van der Waals surface area (Å²) in [5.41, 5.74) is 6.76. The minimum Gasteiger partial charge on any atom is -0.397 e. The molecule has 13 heavy (non-hydrogen) atoms. The van der Waals surface area contributed by atoms with Crippen LogP contribution in [0.4, 0.5) is 10.1 Å². The van der Waals surface area contributed by atoms with E-state index in [9.17, 15) is 4.39 Å². The molecule has 1 aromatic heterocycles. The molecule has 0 saturated heterocycles. The Labute approximate surface area is 84.8 Å². The Morgan fingerprint density at radius 2 is 2.31 bits per heavy atom. The number of rotatable bonds is 2. The SMILES string of the molecule is C=C(C)C(F)c1c(N)cncc1Br. The number of anilines is 1. The Hall–Kier alpha value is -0.900. The van der Waals surface area contributed by atoms with Gasteiger partial charge in [0.25, 0.3) is 0 Å². The lowest BCUT2D eigenvalue weighted by Crippen LogP contribution is -2.01. The molecule has 0 amide bonds. The van der Waals surface area contributed by atoms with E-state index in [1.54, 1.807) is 6.92 Å². The Morgan fingerprint density at radius 1 is 1.69 bits per heavy atom. The van der Waals surface area contributed by atoms with Gasteiger partial charge in [0.1, 0.15) is 6.17 Å². The first-order chi connectivity index (χ1) is 6.04. The average Bonchev–Trinajstić information content (AvgIpc) is 2.03. The van der Waals surface area contributed by atoms with E-state index in [-0.39, 0.29) is 0 Å². The first-order valence-corrected chi connectivity index (χ1v) is 4.51. The second-order valence-electron chi connectivity index (χ2n) is 2.83.